The summed E-state index contributed by atoms with van der Waals surface area (Å²) in [6.07, 6.45) is 7.03. The van der Waals surface area contributed by atoms with E-state index in [0.717, 1.165) is 39.8 Å². The van der Waals surface area contributed by atoms with Crippen molar-refractivity contribution >= 4 is 12.0 Å². The number of ether oxygens (including phenoxy) is 1. The Bertz CT molecular complexity index is 1280. The van der Waals surface area contributed by atoms with Gasteiger partial charge in [0.05, 0.1) is 7.11 Å². The largest absolute Gasteiger partial charge is 0.497 e. The summed E-state index contributed by atoms with van der Waals surface area (Å²) < 4.78 is 9.46. The molecule has 1 unspecified atom stereocenters. The maximum Gasteiger partial charge on any atom is 0.244 e. The number of rotatable bonds is 7. The van der Waals surface area contributed by atoms with Crippen LogP contribution in [0.15, 0.2) is 79.1 Å². The average Bonchev–Trinajstić information content (AvgIpc) is 3.38. The molecule has 1 amide bonds. The van der Waals surface area contributed by atoms with E-state index < -0.39 is 6.04 Å². The normalized spacial score (nSPS) is 12.1. The van der Waals surface area contributed by atoms with Crippen LogP contribution in [0.5, 0.6) is 5.75 Å². The van der Waals surface area contributed by atoms with Gasteiger partial charge in [0.25, 0.3) is 0 Å². The zero-order valence-corrected chi connectivity index (χ0v) is 19.3. The van der Waals surface area contributed by atoms with E-state index in [1.807, 2.05) is 66.4 Å². The van der Waals surface area contributed by atoms with Crippen LogP contribution in [0.4, 0.5) is 0 Å². The first-order valence-corrected chi connectivity index (χ1v) is 10.8. The molecule has 4 aromatic rings. The Morgan fingerprint density at radius 3 is 2.58 bits per heavy atom. The minimum absolute atomic E-state index is 0.199. The number of imidazole rings is 1. The number of benzene rings is 2. The molecule has 2 heterocycles. The van der Waals surface area contributed by atoms with Crippen LogP contribution < -0.4 is 10.1 Å². The summed E-state index contributed by atoms with van der Waals surface area (Å²) in [6.45, 7) is 4.13. The zero-order chi connectivity index (χ0) is 23.4. The fourth-order valence-electron chi connectivity index (χ4n) is 4.06. The number of carbonyl (C=O) groups excluding carboxylic acids is 1. The molecule has 0 aliphatic carbocycles. The second-order valence-electron chi connectivity index (χ2n) is 7.95. The van der Waals surface area contributed by atoms with Crippen LogP contribution in [0.3, 0.4) is 0 Å². The Balaban J connectivity index is 1.59. The number of amides is 1. The zero-order valence-electron chi connectivity index (χ0n) is 19.3. The quantitative estimate of drug-likeness (QED) is 0.422. The van der Waals surface area contributed by atoms with Gasteiger partial charge in [-0.25, -0.2) is 4.98 Å². The first-order chi connectivity index (χ1) is 16.0. The van der Waals surface area contributed by atoms with Crippen molar-refractivity contribution in [2.75, 3.05) is 7.11 Å². The van der Waals surface area contributed by atoms with E-state index in [2.05, 4.69) is 46.9 Å². The van der Waals surface area contributed by atoms with Crippen molar-refractivity contribution in [3.05, 3.63) is 107 Å². The van der Waals surface area contributed by atoms with Gasteiger partial charge < -0.3 is 19.2 Å². The summed E-state index contributed by atoms with van der Waals surface area (Å²) in [5.41, 5.74) is 5.19. The van der Waals surface area contributed by atoms with Crippen LogP contribution in [0.25, 0.3) is 11.8 Å². The van der Waals surface area contributed by atoms with Gasteiger partial charge in [0, 0.05) is 42.6 Å². The number of nitrogens with one attached hydrogen (secondary N) is 1. The fraction of sp³-hybridized carbons (Fsp3) is 0.185. The van der Waals surface area contributed by atoms with E-state index >= 15 is 0 Å². The summed E-state index contributed by atoms with van der Waals surface area (Å²) in [6, 6.07) is 19.5. The minimum atomic E-state index is -0.408. The molecule has 1 N–H and O–H groups in total. The molecule has 33 heavy (non-hydrogen) atoms. The van der Waals surface area contributed by atoms with Crippen LogP contribution in [0.2, 0.25) is 0 Å². The molecule has 6 nitrogen and oxygen atoms in total. The standard InChI is InChI=1S/C27H28N4O2/c1-19-17-21(20(2)31(19)23-10-6-5-7-11-23)13-14-25(32)29-26(27-28-15-16-30(27)3)22-9-8-12-24(18-22)33-4/h5-18,26H,1-4H3,(H,29,32)/b14-13+. The van der Waals surface area contributed by atoms with Gasteiger partial charge in [0.2, 0.25) is 5.91 Å². The van der Waals surface area contributed by atoms with Gasteiger partial charge in [0.1, 0.15) is 17.6 Å². The van der Waals surface area contributed by atoms with E-state index in [4.69, 9.17) is 4.74 Å². The van der Waals surface area contributed by atoms with E-state index in [-0.39, 0.29) is 5.91 Å². The number of hydrogen-bond donors (Lipinski definition) is 1. The summed E-state index contributed by atoms with van der Waals surface area (Å²) in [4.78, 5) is 17.4. The maximum absolute atomic E-state index is 13.0. The van der Waals surface area contributed by atoms with E-state index in [1.54, 1.807) is 19.4 Å². The molecule has 1 atom stereocenters. The van der Waals surface area contributed by atoms with E-state index in [1.165, 1.54) is 0 Å². The molecule has 0 bridgehead atoms. The molecule has 0 radical (unpaired) electrons. The van der Waals surface area contributed by atoms with Crippen LogP contribution in [0.1, 0.15) is 34.4 Å². The van der Waals surface area contributed by atoms with Gasteiger partial charge in [-0.3, -0.25) is 4.79 Å². The highest BCUT2D eigenvalue weighted by molar-refractivity contribution is 5.92. The third-order valence-electron chi connectivity index (χ3n) is 5.73. The Labute approximate surface area is 194 Å². The molecule has 0 fully saturated rings. The summed E-state index contributed by atoms with van der Waals surface area (Å²) >= 11 is 0. The van der Waals surface area contributed by atoms with Crippen molar-refractivity contribution in [1.82, 2.24) is 19.4 Å². The summed E-state index contributed by atoms with van der Waals surface area (Å²) in [5, 5.41) is 3.10. The first-order valence-electron chi connectivity index (χ1n) is 10.8. The highest BCUT2D eigenvalue weighted by Crippen LogP contribution is 2.25. The second-order valence-corrected chi connectivity index (χ2v) is 7.95. The summed E-state index contributed by atoms with van der Waals surface area (Å²) in [5.74, 6) is 1.27. The molecule has 0 spiro atoms. The van der Waals surface area contributed by atoms with Crippen LogP contribution in [-0.2, 0) is 11.8 Å². The SMILES string of the molecule is COc1cccc(C(NC(=O)/C=C/c2cc(C)n(-c3ccccc3)c2C)c2nccn2C)c1. The van der Waals surface area contributed by atoms with Crippen LogP contribution in [-0.4, -0.2) is 27.1 Å². The number of methoxy groups -OCH3 is 1. The predicted octanol–water partition coefficient (Wildman–Crippen LogP) is 4.76. The average molecular weight is 441 g/mol. The maximum atomic E-state index is 13.0. The number of para-hydroxylation sites is 1. The smallest absolute Gasteiger partial charge is 0.244 e. The van der Waals surface area contributed by atoms with Crippen molar-refractivity contribution in [3.63, 3.8) is 0 Å². The Hall–Kier alpha value is -4.06. The number of carbonyl (C=O) groups is 1. The van der Waals surface area contributed by atoms with Gasteiger partial charge in [-0.1, -0.05) is 30.3 Å². The van der Waals surface area contributed by atoms with Crippen molar-refractivity contribution in [3.8, 4) is 11.4 Å². The lowest BCUT2D eigenvalue weighted by Gasteiger charge is -2.19. The Morgan fingerprint density at radius 1 is 1.09 bits per heavy atom. The van der Waals surface area contributed by atoms with Crippen LogP contribution >= 0.6 is 0 Å². The third-order valence-corrected chi connectivity index (χ3v) is 5.73. The van der Waals surface area contributed by atoms with Gasteiger partial charge in [-0.15, -0.1) is 0 Å². The highest BCUT2D eigenvalue weighted by atomic mass is 16.5. The number of hydrogen-bond acceptors (Lipinski definition) is 3. The minimum Gasteiger partial charge on any atom is -0.497 e. The highest BCUT2D eigenvalue weighted by Gasteiger charge is 2.20. The van der Waals surface area contributed by atoms with E-state index in [9.17, 15) is 4.79 Å². The third kappa shape index (κ3) is 4.75. The molecule has 2 aromatic carbocycles. The lowest BCUT2D eigenvalue weighted by Crippen LogP contribution is -2.29. The summed E-state index contributed by atoms with van der Waals surface area (Å²) in [7, 11) is 3.54. The number of aromatic nitrogens is 3. The fourth-order valence-corrected chi connectivity index (χ4v) is 4.06. The molecule has 0 saturated heterocycles. The molecular formula is C27H28N4O2. The van der Waals surface area contributed by atoms with Crippen molar-refractivity contribution < 1.29 is 9.53 Å². The van der Waals surface area contributed by atoms with E-state index in [0.29, 0.717) is 0 Å². The van der Waals surface area contributed by atoms with Crippen molar-refractivity contribution in [1.29, 1.82) is 0 Å². The number of nitrogens with zero attached hydrogens (tertiary/aromatic N) is 3. The molecule has 2 aromatic heterocycles. The molecule has 0 aliphatic heterocycles. The first kappa shape index (κ1) is 22.1. The molecule has 0 saturated carbocycles. The lowest BCUT2D eigenvalue weighted by molar-refractivity contribution is -0.117. The van der Waals surface area contributed by atoms with Crippen LogP contribution in [0, 0.1) is 13.8 Å². The van der Waals surface area contributed by atoms with Crippen molar-refractivity contribution in [2.24, 2.45) is 7.05 Å². The lowest BCUT2D eigenvalue weighted by atomic mass is 10.1. The monoisotopic (exact) mass is 440 g/mol. The molecule has 4 rings (SSSR count). The number of aryl methyl sites for hydroxylation is 2. The topological polar surface area (TPSA) is 61.1 Å². The van der Waals surface area contributed by atoms with Gasteiger partial charge in [-0.2, -0.15) is 0 Å². The molecule has 6 heteroatoms. The Morgan fingerprint density at radius 2 is 1.88 bits per heavy atom. The Kier molecular flexibility index (Phi) is 6.45. The molecular weight excluding hydrogens is 412 g/mol. The van der Waals surface area contributed by atoms with Gasteiger partial charge in [0.15, 0.2) is 0 Å². The van der Waals surface area contributed by atoms with Gasteiger partial charge >= 0.3 is 0 Å². The predicted molar refractivity (Wildman–Crippen MR) is 130 cm³/mol. The van der Waals surface area contributed by atoms with Gasteiger partial charge in [-0.05, 0) is 61.4 Å². The second kappa shape index (κ2) is 9.61. The van der Waals surface area contributed by atoms with Crippen molar-refractivity contribution in [2.45, 2.75) is 19.9 Å². The molecule has 168 valence electrons. The molecule has 0 aliphatic rings.